The maximum atomic E-state index is 5.46. The summed E-state index contributed by atoms with van der Waals surface area (Å²) in [7, 11) is 1.70. The average molecular weight is 345 g/mol. The third kappa shape index (κ3) is 3.76. The Bertz CT molecular complexity index is 795. The molecule has 0 radical (unpaired) electrons. The third-order valence-electron chi connectivity index (χ3n) is 3.46. The van der Waals surface area contributed by atoms with Gasteiger partial charge in [0, 0.05) is 23.2 Å². The molecule has 1 aromatic carbocycles. The summed E-state index contributed by atoms with van der Waals surface area (Å²) >= 11 is 3.47. The number of hydrogen-bond acceptors (Lipinski definition) is 5. The number of methoxy groups -OCH3 is 1. The fourth-order valence-electron chi connectivity index (χ4n) is 2.22. The van der Waals surface area contributed by atoms with Crippen LogP contribution < -0.4 is 4.74 Å². The molecule has 0 N–H and O–H groups in total. The highest BCUT2D eigenvalue weighted by molar-refractivity contribution is 8.01. The minimum Gasteiger partial charge on any atom is -0.497 e. The van der Waals surface area contributed by atoms with Gasteiger partial charge in [-0.3, -0.25) is 4.68 Å². The molecule has 0 fully saturated rings. The summed E-state index contributed by atoms with van der Waals surface area (Å²) in [5, 5.41) is 5.52. The zero-order valence-corrected chi connectivity index (χ0v) is 15.1. The number of aryl methyl sites for hydroxylation is 2. The lowest BCUT2D eigenvalue weighted by Gasteiger charge is -2.07. The summed E-state index contributed by atoms with van der Waals surface area (Å²) < 4.78 is 8.59. The van der Waals surface area contributed by atoms with E-state index in [1.54, 1.807) is 30.2 Å². The molecule has 2 heterocycles. The SMILES string of the molecule is CCc1ncc(Sc2cc(OC)cc(-c3cnn(CC)c3)c2)s1. The van der Waals surface area contributed by atoms with Crippen LogP contribution in [0.3, 0.4) is 0 Å². The largest absolute Gasteiger partial charge is 0.497 e. The van der Waals surface area contributed by atoms with E-state index in [9.17, 15) is 0 Å². The molecule has 2 aromatic heterocycles. The molecule has 23 heavy (non-hydrogen) atoms. The van der Waals surface area contributed by atoms with Crippen LogP contribution in [-0.2, 0) is 13.0 Å². The van der Waals surface area contributed by atoms with E-state index in [2.05, 4.69) is 42.3 Å². The van der Waals surface area contributed by atoms with Gasteiger partial charge >= 0.3 is 0 Å². The van der Waals surface area contributed by atoms with Gasteiger partial charge in [0.1, 0.15) is 5.75 Å². The van der Waals surface area contributed by atoms with Crippen molar-refractivity contribution in [1.29, 1.82) is 0 Å². The van der Waals surface area contributed by atoms with Crippen molar-refractivity contribution < 1.29 is 4.74 Å². The van der Waals surface area contributed by atoms with Crippen LogP contribution in [0.1, 0.15) is 18.9 Å². The number of ether oxygens (including phenoxy) is 1. The van der Waals surface area contributed by atoms with Crippen LogP contribution in [0, 0.1) is 0 Å². The van der Waals surface area contributed by atoms with E-state index >= 15 is 0 Å². The number of benzene rings is 1. The molecule has 6 heteroatoms. The molecule has 120 valence electrons. The molecule has 0 amide bonds. The topological polar surface area (TPSA) is 39.9 Å². The van der Waals surface area contributed by atoms with Crippen LogP contribution in [0.4, 0.5) is 0 Å². The Morgan fingerprint density at radius 1 is 1.17 bits per heavy atom. The number of nitrogens with zero attached hydrogens (tertiary/aromatic N) is 3. The van der Waals surface area contributed by atoms with Gasteiger partial charge in [0.25, 0.3) is 0 Å². The first kappa shape index (κ1) is 16.1. The van der Waals surface area contributed by atoms with Gasteiger partial charge in [-0.05, 0) is 37.1 Å². The third-order valence-corrected chi connectivity index (χ3v) is 5.67. The Morgan fingerprint density at radius 2 is 2.04 bits per heavy atom. The van der Waals surface area contributed by atoms with Crippen molar-refractivity contribution in [2.75, 3.05) is 7.11 Å². The molecular formula is C17H19N3OS2. The van der Waals surface area contributed by atoms with Crippen molar-refractivity contribution in [3.63, 3.8) is 0 Å². The highest BCUT2D eigenvalue weighted by Crippen LogP contribution is 2.37. The van der Waals surface area contributed by atoms with Crippen molar-refractivity contribution in [2.45, 2.75) is 35.9 Å². The zero-order valence-electron chi connectivity index (χ0n) is 13.4. The van der Waals surface area contributed by atoms with E-state index in [1.165, 1.54) is 9.22 Å². The van der Waals surface area contributed by atoms with Crippen molar-refractivity contribution in [3.05, 3.63) is 41.8 Å². The van der Waals surface area contributed by atoms with E-state index in [0.29, 0.717) is 0 Å². The van der Waals surface area contributed by atoms with Crippen LogP contribution in [0.15, 0.2) is 45.9 Å². The Balaban J connectivity index is 1.92. The van der Waals surface area contributed by atoms with Crippen LogP contribution in [0.5, 0.6) is 5.75 Å². The molecule has 4 nitrogen and oxygen atoms in total. The van der Waals surface area contributed by atoms with Crippen LogP contribution in [0.25, 0.3) is 11.1 Å². The van der Waals surface area contributed by atoms with E-state index < -0.39 is 0 Å². The Kier molecular flexibility index (Phi) is 5.03. The van der Waals surface area contributed by atoms with E-state index in [1.807, 2.05) is 23.1 Å². The summed E-state index contributed by atoms with van der Waals surface area (Å²) in [5.74, 6) is 0.856. The molecule has 0 bridgehead atoms. The van der Waals surface area contributed by atoms with Gasteiger partial charge in [0.2, 0.25) is 0 Å². The molecular weight excluding hydrogens is 326 g/mol. The summed E-state index contributed by atoms with van der Waals surface area (Å²) in [6, 6.07) is 6.28. The van der Waals surface area contributed by atoms with Gasteiger partial charge in [-0.1, -0.05) is 18.7 Å². The lowest BCUT2D eigenvalue weighted by Crippen LogP contribution is -1.92. The van der Waals surface area contributed by atoms with Gasteiger partial charge in [-0.15, -0.1) is 11.3 Å². The minimum atomic E-state index is 0.856. The van der Waals surface area contributed by atoms with Gasteiger partial charge < -0.3 is 4.74 Å². The number of hydrogen-bond donors (Lipinski definition) is 0. The lowest BCUT2D eigenvalue weighted by atomic mass is 10.1. The second-order valence-electron chi connectivity index (χ2n) is 5.01. The number of aromatic nitrogens is 3. The molecule has 0 saturated heterocycles. The Labute approximate surface area is 144 Å². The highest BCUT2D eigenvalue weighted by atomic mass is 32.2. The van der Waals surface area contributed by atoms with Gasteiger partial charge in [-0.25, -0.2) is 4.98 Å². The molecule has 0 aliphatic rings. The van der Waals surface area contributed by atoms with Crippen LogP contribution in [-0.4, -0.2) is 21.9 Å². The maximum absolute atomic E-state index is 5.46. The van der Waals surface area contributed by atoms with E-state index in [-0.39, 0.29) is 0 Å². The highest BCUT2D eigenvalue weighted by Gasteiger charge is 2.09. The predicted molar refractivity (Wildman–Crippen MR) is 95.5 cm³/mol. The first-order valence-corrected chi connectivity index (χ1v) is 9.19. The van der Waals surface area contributed by atoms with Gasteiger partial charge in [-0.2, -0.15) is 5.10 Å². The number of thiazole rings is 1. The zero-order chi connectivity index (χ0) is 16.2. The first-order chi connectivity index (χ1) is 11.2. The smallest absolute Gasteiger partial charge is 0.120 e. The Hall–Kier alpha value is -1.79. The summed E-state index contributed by atoms with van der Waals surface area (Å²) in [5.41, 5.74) is 2.22. The van der Waals surface area contributed by atoms with Gasteiger partial charge in [0.05, 0.1) is 28.7 Å². The molecule has 0 saturated carbocycles. The molecule has 0 spiro atoms. The molecule has 0 aliphatic carbocycles. The fourth-order valence-corrected chi connectivity index (χ4v) is 4.25. The lowest BCUT2D eigenvalue weighted by molar-refractivity contribution is 0.414. The molecule has 0 atom stereocenters. The monoisotopic (exact) mass is 345 g/mol. The maximum Gasteiger partial charge on any atom is 0.120 e. The fraction of sp³-hybridized carbons (Fsp3) is 0.294. The second-order valence-corrected chi connectivity index (χ2v) is 7.50. The summed E-state index contributed by atoms with van der Waals surface area (Å²) in [6.45, 7) is 5.08. The summed E-state index contributed by atoms with van der Waals surface area (Å²) in [6.07, 6.45) is 6.88. The van der Waals surface area contributed by atoms with Crippen LogP contribution in [0.2, 0.25) is 0 Å². The van der Waals surface area contributed by atoms with E-state index in [0.717, 1.165) is 34.7 Å². The molecule has 3 aromatic rings. The number of rotatable bonds is 6. The average Bonchev–Trinajstić information content (AvgIpc) is 3.23. The van der Waals surface area contributed by atoms with Gasteiger partial charge in [0.15, 0.2) is 0 Å². The molecule has 3 rings (SSSR count). The molecule has 0 aliphatic heterocycles. The van der Waals surface area contributed by atoms with Crippen LogP contribution >= 0.6 is 23.1 Å². The van der Waals surface area contributed by atoms with Crippen molar-refractivity contribution >= 4 is 23.1 Å². The van der Waals surface area contributed by atoms with Crippen molar-refractivity contribution in [2.24, 2.45) is 0 Å². The predicted octanol–water partition coefficient (Wildman–Crippen LogP) is 4.75. The van der Waals surface area contributed by atoms with Crippen molar-refractivity contribution in [3.8, 4) is 16.9 Å². The summed E-state index contributed by atoms with van der Waals surface area (Å²) in [4.78, 5) is 5.57. The standard InChI is InChI=1S/C17H19N3OS2/c1-4-16-18-10-17(23-16)22-15-7-12(6-14(8-15)21-3)13-9-19-20(5-2)11-13/h6-11H,4-5H2,1-3H3. The Morgan fingerprint density at radius 3 is 2.70 bits per heavy atom. The quantitative estimate of drug-likeness (QED) is 0.646. The normalized spacial score (nSPS) is 10.9. The first-order valence-electron chi connectivity index (χ1n) is 7.56. The van der Waals surface area contributed by atoms with Crippen molar-refractivity contribution in [1.82, 2.24) is 14.8 Å². The molecule has 0 unspecified atom stereocenters. The van der Waals surface area contributed by atoms with E-state index in [4.69, 9.17) is 4.74 Å². The minimum absolute atomic E-state index is 0.856. The second kappa shape index (κ2) is 7.19.